The van der Waals surface area contributed by atoms with Crippen LogP contribution >= 0.6 is 0 Å². The topological polar surface area (TPSA) is 57.8 Å². The minimum Gasteiger partial charge on any atom is -0.451 e. The van der Waals surface area contributed by atoms with Crippen molar-refractivity contribution in [2.75, 3.05) is 19.0 Å². The summed E-state index contributed by atoms with van der Waals surface area (Å²) in [5.41, 5.74) is 6.89. The summed E-state index contributed by atoms with van der Waals surface area (Å²) >= 11 is 0. The molecule has 25 heavy (non-hydrogen) atoms. The molecule has 0 bridgehead atoms. The molecule has 5 nitrogen and oxygen atoms in total. The molecule has 3 rings (SSSR count). The van der Waals surface area contributed by atoms with Gasteiger partial charge in [0.2, 0.25) is 0 Å². The zero-order valence-electron chi connectivity index (χ0n) is 14.8. The number of fused-ring (bicyclic) bond motifs is 1. The SMILES string of the molecule is CC(=NNC(=O)c1oc2ccccc2c1C)c1ccc(N(C)C)cc1. The number of amides is 1. The van der Waals surface area contributed by atoms with E-state index in [4.69, 9.17) is 4.42 Å². The average molecular weight is 335 g/mol. The van der Waals surface area contributed by atoms with Crippen LogP contribution in [-0.4, -0.2) is 25.7 Å². The summed E-state index contributed by atoms with van der Waals surface area (Å²) in [6, 6.07) is 15.6. The van der Waals surface area contributed by atoms with Gasteiger partial charge in [0.15, 0.2) is 5.76 Å². The maximum absolute atomic E-state index is 12.4. The summed E-state index contributed by atoms with van der Waals surface area (Å²) in [5, 5.41) is 5.14. The number of benzene rings is 2. The van der Waals surface area contributed by atoms with Crippen LogP contribution in [0, 0.1) is 6.92 Å². The van der Waals surface area contributed by atoms with E-state index in [1.165, 1.54) is 0 Å². The summed E-state index contributed by atoms with van der Waals surface area (Å²) in [4.78, 5) is 14.4. The van der Waals surface area contributed by atoms with Crippen molar-refractivity contribution < 1.29 is 9.21 Å². The van der Waals surface area contributed by atoms with Crippen molar-refractivity contribution in [3.05, 3.63) is 65.4 Å². The number of anilines is 1. The Morgan fingerprint density at radius 1 is 1.08 bits per heavy atom. The monoisotopic (exact) mass is 335 g/mol. The number of para-hydroxylation sites is 1. The first-order valence-electron chi connectivity index (χ1n) is 8.08. The fraction of sp³-hybridized carbons (Fsp3) is 0.200. The van der Waals surface area contributed by atoms with Crippen LogP contribution < -0.4 is 10.3 Å². The Hall–Kier alpha value is -3.08. The summed E-state index contributed by atoms with van der Waals surface area (Å²) in [7, 11) is 3.98. The first kappa shape index (κ1) is 16.8. The molecule has 1 amide bonds. The Labute approximate surface area is 146 Å². The Morgan fingerprint density at radius 2 is 1.76 bits per heavy atom. The van der Waals surface area contributed by atoms with Crippen LogP contribution in [0.3, 0.4) is 0 Å². The van der Waals surface area contributed by atoms with Gasteiger partial charge in [-0.3, -0.25) is 4.79 Å². The molecule has 0 radical (unpaired) electrons. The zero-order valence-corrected chi connectivity index (χ0v) is 14.8. The Balaban J connectivity index is 1.77. The normalized spacial score (nSPS) is 11.6. The van der Waals surface area contributed by atoms with Gasteiger partial charge in [-0.15, -0.1) is 0 Å². The van der Waals surface area contributed by atoms with Crippen LogP contribution in [0.25, 0.3) is 11.0 Å². The van der Waals surface area contributed by atoms with Crippen LogP contribution in [0.5, 0.6) is 0 Å². The molecule has 128 valence electrons. The van der Waals surface area contributed by atoms with Gasteiger partial charge in [0, 0.05) is 30.7 Å². The molecule has 0 saturated heterocycles. The van der Waals surface area contributed by atoms with Crippen molar-refractivity contribution in [3.63, 3.8) is 0 Å². The molecule has 0 aliphatic heterocycles. The molecule has 3 aromatic rings. The van der Waals surface area contributed by atoms with Crippen molar-refractivity contribution in [2.45, 2.75) is 13.8 Å². The minimum absolute atomic E-state index is 0.292. The second-order valence-electron chi connectivity index (χ2n) is 6.13. The fourth-order valence-electron chi connectivity index (χ4n) is 2.64. The number of carbonyl (C=O) groups is 1. The zero-order chi connectivity index (χ0) is 18.0. The highest BCUT2D eigenvalue weighted by Crippen LogP contribution is 2.24. The standard InChI is InChI=1S/C20H21N3O2/c1-13-17-7-5-6-8-18(17)25-19(13)20(24)22-21-14(2)15-9-11-16(12-10-15)23(3)4/h5-12H,1-4H3,(H,22,24). The van der Waals surface area contributed by atoms with E-state index in [-0.39, 0.29) is 5.91 Å². The van der Waals surface area contributed by atoms with Gasteiger partial charge in [0.25, 0.3) is 0 Å². The third kappa shape index (κ3) is 3.40. The maximum atomic E-state index is 12.4. The highest BCUT2D eigenvalue weighted by molar-refractivity contribution is 6.02. The van der Waals surface area contributed by atoms with Gasteiger partial charge < -0.3 is 9.32 Å². The van der Waals surface area contributed by atoms with Crippen LogP contribution in [0.4, 0.5) is 5.69 Å². The lowest BCUT2D eigenvalue weighted by Crippen LogP contribution is -2.19. The number of rotatable bonds is 4. The van der Waals surface area contributed by atoms with E-state index in [1.54, 1.807) is 0 Å². The predicted octanol–water partition coefficient (Wildman–Crippen LogP) is 3.96. The number of furan rings is 1. The smallest absolute Gasteiger partial charge is 0.307 e. The van der Waals surface area contributed by atoms with Crippen LogP contribution in [0.1, 0.15) is 28.6 Å². The van der Waals surface area contributed by atoms with Crippen molar-refractivity contribution in [3.8, 4) is 0 Å². The molecule has 0 aliphatic rings. The van der Waals surface area contributed by atoms with Gasteiger partial charge in [-0.05, 0) is 37.6 Å². The molecule has 0 fully saturated rings. The van der Waals surface area contributed by atoms with Crippen molar-refractivity contribution in [2.24, 2.45) is 5.10 Å². The number of aryl methyl sites for hydroxylation is 1. The van der Waals surface area contributed by atoms with Gasteiger partial charge in [0.05, 0.1) is 5.71 Å². The molecule has 0 saturated carbocycles. The van der Waals surface area contributed by atoms with Gasteiger partial charge >= 0.3 is 5.91 Å². The van der Waals surface area contributed by atoms with E-state index < -0.39 is 0 Å². The van der Waals surface area contributed by atoms with Gasteiger partial charge in [-0.25, -0.2) is 5.43 Å². The van der Waals surface area contributed by atoms with Crippen molar-refractivity contribution in [1.29, 1.82) is 0 Å². The molecule has 1 aromatic heterocycles. The highest BCUT2D eigenvalue weighted by atomic mass is 16.3. The van der Waals surface area contributed by atoms with Crippen molar-refractivity contribution in [1.82, 2.24) is 5.43 Å². The predicted molar refractivity (Wildman–Crippen MR) is 101 cm³/mol. The Morgan fingerprint density at radius 3 is 2.40 bits per heavy atom. The Kier molecular flexibility index (Phi) is 4.57. The number of nitrogens with one attached hydrogen (secondary N) is 1. The third-order valence-corrected chi connectivity index (χ3v) is 4.18. The van der Waals surface area contributed by atoms with Crippen LogP contribution in [0.2, 0.25) is 0 Å². The summed E-state index contributed by atoms with van der Waals surface area (Å²) < 4.78 is 5.65. The molecule has 5 heteroatoms. The number of hydrogen-bond donors (Lipinski definition) is 1. The van der Waals surface area contributed by atoms with Gasteiger partial charge in [-0.2, -0.15) is 5.10 Å². The van der Waals surface area contributed by atoms with E-state index in [1.807, 2.05) is 81.4 Å². The number of hydrogen-bond acceptors (Lipinski definition) is 4. The quantitative estimate of drug-likeness (QED) is 0.580. The summed E-state index contributed by atoms with van der Waals surface area (Å²) in [5.74, 6) is -0.0568. The molecule has 2 aromatic carbocycles. The number of hydrazone groups is 1. The molecule has 1 N–H and O–H groups in total. The van der Waals surface area contributed by atoms with Crippen LogP contribution in [0.15, 0.2) is 58.0 Å². The van der Waals surface area contributed by atoms with Crippen molar-refractivity contribution >= 4 is 28.3 Å². The first-order valence-corrected chi connectivity index (χ1v) is 8.08. The van der Waals surface area contributed by atoms with E-state index >= 15 is 0 Å². The van der Waals surface area contributed by atoms with Gasteiger partial charge in [0.1, 0.15) is 5.58 Å². The first-order chi connectivity index (χ1) is 12.0. The molecular weight excluding hydrogens is 314 g/mol. The Bertz CT molecular complexity index is 937. The number of nitrogens with zero attached hydrogens (tertiary/aromatic N) is 2. The van der Waals surface area contributed by atoms with E-state index in [0.29, 0.717) is 11.3 Å². The summed E-state index contributed by atoms with van der Waals surface area (Å²) in [6.07, 6.45) is 0. The molecule has 1 heterocycles. The lowest BCUT2D eigenvalue weighted by atomic mass is 10.1. The molecule has 0 spiro atoms. The van der Waals surface area contributed by atoms with Crippen LogP contribution in [-0.2, 0) is 0 Å². The number of carbonyl (C=O) groups excluding carboxylic acids is 1. The second-order valence-corrected chi connectivity index (χ2v) is 6.13. The lowest BCUT2D eigenvalue weighted by molar-refractivity contribution is 0.0928. The largest absolute Gasteiger partial charge is 0.451 e. The second kappa shape index (κ2) is 6.81. The van der Waals surface area contributed by atoms with E-state index in [2.05, 4.69) is 10.5 Å². The fourth-order valence-corrected chi connectivity index (χ4v) is 2.64. The minimum atomic E-state index is -0.349. The summed E-state index contributed by atoms with van der Waals surface area (Å²) in [6.45, 7) is 3.73. The van der Waals surface area contributed by atoms with Gasteiger partial charge in [-0.1, -0.05) is 30.3 Å². The highest BCUT2D eigenvalue weighted by Gasteiger charge is 2.17. The third-order valence-electron chi connectivity index (χ3n) is 4.18. The maximum Gasteiger partial charge on any atom is 0.307 e. The van der Waals surface area contributed by atoms with E-state index in [9.17, 15) is 4.79 Å². The van der Waals surface area contributed by atoms with E-state index in [0.717, 1.165) is 27.9 Å². The average Bonchev–Trinajstić information content (AvgIpc) is 2.96. The molecule has 0 unspecified atom stereocenters. The molecular formula is C20H21N3O2. The lowest BCUT2D eigenvalue weighted by Gasteiger charge is -2.12. The molecule has 0 aliphatic carbocycles. The molecule has 0 atom stereocenters.